The summed E-state index contributed by atoms with van der Waals surface area (Å²) < 4.78 is 21.3. The molecule has 88 valence electrons. The molecule has 0 amide bonds. The molecular weight excluding hydrogens is 239 g/mol. The van der Waals surface area contributed by atoms with E-state index in [1.165, 1.54) is 0 Å². The van der Waals surface area contributed by atoms with Gasteiger partial charge in [0.15, 0.2) is 0 Å². The molecule has 0 saturated heterocycles. The van der Waals surface area contributed by atoms with Crippen LogP contribution in [-0.4, -0.2) is 30.1 Å². The topological polar surface area (TPSA) is 52.6 Å². The van der Waals surface area contributed by atoms with Crippen LogP contribution in [0.1, 0.15) is 27.2 Å². The predicted octanol–water partition coefficient (Wildman–Crippen LogP) is 2.71. The molecule has 0 aliphatic carbocycles. The second kappa shape index (κ2) is 8.03. The number of hydrogen-bond acceptors (Lipinski definition) is 4. The summed E-state index contributed by atoms with van der Waals surface area (Å²) in [4.78, 5) is 11.2. The van der Waals surface area contributed by atoms with Crippen molar-refractivity contribution < 1.29 is 18.8 Å². The van der Waals surface area contributed by atoms with E-state index in [0.29, 0.717) is 6.61 Å². The molecule has 4 nitrogen and oxygen atoms in total. The Morgan fingerprint density at radius 2 is 2.07 bits per heavy atom. The molecule has 0 saturated carbocycles. The van der Waals surface area contributed by atoms with Crippen molar-refractivity contribution in [3.8, 4) is 0 Å². The normalized spacial score (nSPS) is 13.8. The third-order valence-corrected chi connectivity index (χ3v) is 3.35. The lowest BCUT2D eigenvalue weighted by molar-refractivity contribution is -0.145. The van der Waals surface area contributed by atoms with Gasteiger partial charge in [0.05, 0.1) is 12.7 Å². The number of carbonyl (C=O) groups excluding carboxylic acids is 1. The first-order valence-electron chi connectivity index (χ1n) is 4.85. The smallest absolute Gasteiger partial charge is 0.398 e. The predicted molar refractivity (Wildman–Crippen MR) is 59.6 cm³/mol. The van der Waals surface area contributed by atoms with E-state index in [-0.39, 0.29) is 12.5 Å². The maximum Gasteiger partial charge on any atom is 0.398 e. The van der Waals surface area contributed by atoms with Crippen LogP contribution in [0.5, 0.6) is 0 Å². The van der Waals surface area contributed by atoms with E-state index >= 15 is 0 Å². The average molecular weight is 256 g/mol. The summed E-state index contributed by atoms with van der Waals surface area (Å²) in [6, 6.07) is 0. The van der Waals surface area contributed by atoms with Gasteiger partial charge >= 0.3 is 18.9 Å². The first kappa shape index (κ1) is 14.8. The van der Waals surface area contributed by atoms with E-state index in [0.717, 1.165) is 6.42 Å². The number of esters is 1. The minimum atomic E-state index is -1.90. The summed E-state index contributed by atoms with van der Waals surface area (Å²) in [5, 5.41) is -1.11. The Kier molecular flexibility index (Phi) is 7.93. The molecule has 0 N–H and O–H groups in total. The first-order chi connectivity index (χ1) is 6.99. The Morgan fingerprint density at radius 3 is 2.53 bits per heavy atom. The zero-order valence-corrected chi connectivity index (χ0v) is 10.9. The van der Waals surface area contributed by atoms with Gasteiger partial charge in [-0.1, -0.05) is 23.1 Å². The van der Waals surface area contributed by atoms with Crippen LogP contribution in [0.3, 0.4) is 0 Å². The first-order valence-corrected chi connectivity index (χ1v) is 6.80. The fourth-order valence-corrected chi connectivity index (χ4v) is 1.73. The van der Waals surface area contributed by atoms with Crippen molar-refractivity contribution in [3.05, 3.63) is 0 Å². The number of halogens is 1. The molecule has 6 heteroatoms. The second-order valence-corrected chi connectivity index (χ2v) is 5.63. The van der Waals surface area contributed by atoms with Gasteiger partial charge < -0.3 is 9.47 Å². The number of alkyl halides is 1. The summed E-state index contributed by atoms with van der Waals surface area (Å²) in [5.74, 6) is -0.645. The van der Waals surface area contributed by atoms with Gasteiger partial charge in [-0.25, -0.2) is 4.79 Å². The van der Waals surface area contributed by atoms with E-state index < -0.39 is 18.9 Å². The van der Waals surface area contributed by atoms with E-state index in [1.54, 1.807) is 13.8 Å². The summed E-state index contributed by atoms with van der Waals surface area (Å²) in [7, 11) is -1.90. The Hall–Kier alpha value is -0.180. The largest absolute Gasteiger partial charge is 0.459 e. The maximum atomic E-state index is 11.4. The van der Waals surface area contributed by atoms with Gasteiger partial charge in [0.1, 0.15) is 0 Å². The highest BCUT2D eigenvalue weighted by Crippen LogP contribution is 2.32. The van der Waals surface area contributed by atoms with Gasteiger partial charge in [0.25, 0.3) is 0 Å². The molecule has 0 aromatic heterocycles. The van der Waals surface area contributed by atoms with Crippen molar-refractivity contribution in [2.45, 2.75) is 38.4 Å². The standard InChI is InChI=1S/C9H17ClO4P/c1-4-5-13-6-15(12)8(10)9(11)14-7(2)3/h7-8H,4-6H2,1-3H3/q+1. The maximum absolute atomic E-state index is 11.4. The molecule has 0 rings (SSSR count). The Balaban J connectivity index is 3.91. The van der Waals surface area contributed by atoms with Crippen LogP contribution in [0, 0.1) is 0 Å². The highest BCUT2D eigenvalue weighted by Gasteiger charge is 2.37. The Morgan fingerprint density at radius 1 is 1.47 bits per heavy atom. The van der Waals surface area contributed by atoms with Crippen LogP contribution in [0.2, 0.25) is 0 Å². The molecule has 0 aromatic carbocycles. The Labute approximate surface area is 96.1 Å². The van der Waals surface area contributed by atoms with E-state index in [9.17, 15) is 9.36 Å². The van der Waals surface area contributed by atoms with Crippen LogP contribution in [0.15, 0.2) is 0 Å². The lowest BCUT2D eigenvalue weighted by Crippen LogP contribution is -2.19. The molecule has 0 bridgehead atoms. The summed E-state index contributed by atoms with van der Waals surface area (Å²) in [6.07, 6.45) is 0.593. The van der Waals surface area contributed by atoms with Gasteiger partial charge in [0.2, 0.25) is 6.35 Å². The van der Waals surface area contributed by atoms with Crippen molar-refractivity contribution in [1.29, 1.82) is 0 Å². The minimum Gasteiger partial charge on any atom is -0.459 e. The van der Waals surface area contributed by atoms with Crippen molar-refractivity contribution in [1.82, 2.24) is 0 Å². The van der Waals surface area contributed by atoms with Crippen LogP contribution in [0.4, 0.5) is 0 Å². The summed E-state index contributed by atoms with van der Waals surface area (Å²) >= 11 is 5.67. The SMILES string of the molecule is CCCOC[P+](=O)C(Cl)C(=O)OC(C)C. The van der Waals surface area contributed by atoms with Gasteiger partial charge in [-0.2, -0.15) is 0 Å². The van der Waals surface area contributed by atoms with Gasteiger partial charge in [0, 0.05) is 0 Å². The quantitative estimate of drug-likeness (QED) is 0.304. The van der Waals surface area contributed by atoms with Gasteiger partial charge in [-0.3, -0.25) is 0 Å². The molecular formula is C9H17ClO4P+. The third-order valence-electron chi connectivity index (χ3n) is 1.37. The fourth-order valence-electron chi connectivity index (χ4n) is 0.770. The zero-order chi connectivity index (χ0) is 11.8. The van der Waals surface area contributed by atoms with Crippen molar-refractivity contribution in [3.63, 3.8) is 0 Å². The lowest BCUT2D eigenvalue weighted by atomic mass is 10.5. The van der Waals surface area contributed by atoms with Crippen LogP contribution >= 0.6 is 19.4 Å². The highest BCUT2D eigenvalue weighted by molar-refractivity contribution is 7.48. The molecule has 0 radical (unpaired) electrons. The van der Waals surface area contributed by atoms with E-state index in [2.05, 4.69) is 0 Å². The molecule has 0 fully saturated rings. The zero-order valence-electron chi connectivity index (χ0n) is 9.23. The van der Waals surface area contributed by atoms with Gasteiger partial charge in [-0.15, -0.1) is 0 Å². The molecule has 0 spiro atoms. The monoisotopic (exact) mass is 255 g/mol. The lowest BCUT2D eigenvalue weighted by Gasteiger charge is -2.06. The van der Waals surface area contributed by atoms with E-state index in [1.807, 2.05) is 6.92 Å². The number of ether oxygens (including phenoxy) is 2. The highest BCUT2D eigenvalue weighted by atomic mass is 35.5. The Bertz CT molecular complexity index is 220. The second-order valence-electron chi connectivity index (χ2n) is 3.28. The van der Waals surface area contributed by atoms with Gasteiger partial charge in [-0.05, 0) is 20.3 Å². The van der Waals surface area contributed by atoms with E-state index in [4.69, 9.17) is 21.1 Å². The average Bonchev–Trinajstić information content (AvgIpc) is 2.15. The van der Waals surface area contributed by atoms with Crippen LogP contribution in [0.25, 0.3) is 0 Å². The molecule has 2 unspecified atom stereocenters. The number of rotatable bonds is 7. The summed E-state index contributed by atoms with van der Waals surface area (Å²) in [6.45, 7) is 5.88. The van der Waals surface area contributed by atoms with Crippen LogP contribution in [-0.2, 0) is 18.8 Å². The van der Waals surface area contributed by atoms with Crippen molar-refractivity contribution >= 4 is 25.4 Å². The minimum absolute atomic E-state index is 0.00450. The summed E-state index contributed by atoms with van der Waals surface area (Å²) in [5.41, 5.74) is 0. The number of carbonyl (C=O) groups is 1. The molecule has 2 atom stereocenters. The molecule has 0 aromatic rings. The molecule has 15 heavy (non-hydrogen) atoms. The van der Waals surface area contributed by atoms with Crippen molar-refractivity contribution in [2.75, 3.05) is 13.0 Å². The molecule has 0 aliphatic heterocycles. The fraction of sp³-hybridized carbons (Fsp3) is 0.889. The molecule has 0 heterocycles. The van der Waals surface area contributed by atoms with Crippen LogP contribution < -0.4 is 0 Å². The number of hydrogen-bond donors (Lipinski definition) is 0. The van der Waals surface area contributed by atoms with Crippen molar-refractivity contribution in [2.24, 2.45) is 0 Å². The third kappa shape index (κ3) is 6.82. The molecule has 0 aliphatic rings.